The first-order valence-electron chi connectivity index (χ1n) is 3.11. The van der Waals surface area contributed by atoms with Gasteiger partial charge < -0.3 is 4.74 Å². The Hall–Kier alpha value is -0.580. The fourth-order valence-electron chi connectivity index (χ4n) is 0.768. The Bertz CT molecular complexity index is 248. The Labute approximate surface area is 78.7 Å². The van der Waals surface area contributed by atoms with Gasteiger partial charge in [0, 0.05) is 0 Å². The first-order chi connectivity index (χ1) is 5.38. The lowest BCUT2D eigenvalue weighted by atomic mass is 10.2. The van der Waals surface area contributed by atoms with Crippen LogP contribution in [0.1, 0.15) is 10.4 Å². The molecule has 0 N–H and O–H groups in total. The average molecular weight is 262 g/mol. The molecular weight excluding hydrogens is 255 g/mol. The topological polar surface area (TPSA) is 26.3 Å². The molecule has 0 aliphatic carbocycles. The largest absolute Gasteiger partial charge is 0.483 e. The summed E-state index contributed by atoms with van der Waals surface area (Å²) in [6.07, 6.45) is 0.793. The number of hydrogen-bond acceptors (Lipinski definition) is 2. The molecule has 0 aliphatic rings. The Morgan fingerprint density at radius 3 is 2.82 bits per heavy atom. The zero-order valence-corrected chi connectivity index (χ0v) is 7.95. The molecule has 0 saturated heterocycles. The van der Waals surface area contributed by atoms with E-state index in [1.807, 2.05) is 12.1 Å². The van der Waals surface area contributed by atoms with E-state index >= 15 is 0 Å². The van der Waals surface area contributed by atoms with Gasteiger partial charge in [-0.1, -0.05) is 12.1 Å². The van der Waals surface area contributed by atoms with Crippen LogP contribution in [0.3, 0.4) is 0 Å². The van der Waals surface area contributed by atoms with E-state index in [1.54, 1.807) is 12.1 Å². The quantitative estimate of drug-likeness (QED) is 0.474. The summed E-state index contributed by atoms with van der Waals surface area (Å²) in [6.45, 7) is 0. The highest BCUT2D eigenvalue weighted by atomic mass is 127. The Morgan fingerprint density at radius 1 is 1.45 bits per heavy atom. The van der Waals surface area contributed by atoms with E-state index in [4.69, 9.17) is 4.74 Å². The molecule has 0 saturated carbocycles. The van der Waals surface area contributed by atoms with Gasteiger partial charge in [0.1, 0.15) is 10.4 Å². The summed E-state index contributed by atoms with van der Waals surface area (Å²) >= 11 is 2.09. The molecule has 0 aromatic heterocycles. The van der Waals surface area contributed by atoms with E-state index in [2.05, 4.69) is 22.6 Å². The number of hydrogen-bond donors (Lipinski definition) is 0. The Balaban J connectivity index is 2.92. The first-order valence-corrected chi connectivity index (χ1v) is 4.64. The van der Waals surface area contributed by atoms with Crippen molar-refractivity contribution in [2.75, 3.05) is 4.61 Å². The van der Waals surface area contributed by atoms with Crippen LogP contribution in [0.2, 0.25) is 0 Å². The molecule has 11 heavy (non-hydrogen) atoms. The summed E-state index contributed by atoms with van der Waals surface area (Å²) < 4.78 is 5.74. The van der Waals surface area contributed by atoms with Crippen LogP contribution < -0.4 is 4.74 Å². The lowest BCUT2D eigenvalue weighted by Gasteiger charge is -2.02. The lowest BCUT2D eigenvalue weighted by molar-refractivity contribution is 0.112. The predicted octanol–water partition coefficient (Wildman–Crippen LogP) is 2.27. The van der Waals surface area contributed by atoms with Crippen molar-refractivity contribution < 1.29 is 9.53 Å². The molecule has 58 valence electrons. The van der Waals surface area contributed by atoms with Crippen molar-refractivity contribution in [2.24, 2.45) is 0 Å². The second-order valence-electron chi connectivity index (χ2n) is 1.91. The fraction of sp³-hybridized carbons (Fsp3) is 0.125. The number of carbonyl (C=O) groups is 1. The standard InChI is InChI=1S/C8H7IO2/c9-6-11-8-4-2-1-3-7(8)5-10/h1-5H,6H2. The van der Waals surface area contributed by atoms with Gasteiger partial charge in [0.2, 0.25) is 0 Å². The molecule has 0 fully saturated rings. The van der Waals surface area contributed by atoms with Crippen LogP contribution >= 0.6 is 22.6 Å². The van der Waals surface area contributed by atoms with Gasteiger partial charge in [-0.3, -0.25) is 4.79 Å². The second kappa shape index (κ2) is 4.33. The normalized spacial score (nSPS) is 9.18. The maximum absolute atomic E-state index is 10.4. The van der Waals surface area contributed by atoms with Crippen LogP contribution in [0.15, 0.2) is 24.3 Å². The third-order valence-electron chi connectivity index (χ3n) is 1.26. The van der Waals surface area contributed by atoms with Gasteiger partial charge in [-0.15, -0.1) is 0 Å². The summed E-state index contributed by atoms with van der Waals surface area (Å²) in [5.41, 5.74) is 0.601. The van der Waals surface area contributed by atoms with Crippen molar-refractivity contribution in [2.45, 2.75) is 0 Å². The van der Waals surface area contributed by atoms with Crippen LogP contribution in [0.4, 0.5) is 0 Å². The summed E-state index contributed by atoms with van der Waals surface area (Å²) in [5.74, 6) is 0.650. The van der Waals surface area contributed by atoms with Crippen molar-refractivity contribution in [1.29, 1.82) is 0 Å². The minimum atomic E-state index is 0.558. The van der Waals surface area contributed by atoms with E-state index in [0.29, 0.717) is 15.9 Å². The van der Waals surface area contributed by atoms with Gasteiger partial charge in [0.05, 0.1) is 5.56 Å². The smallest absolute Gasteiger partial charge is 0.153 e. The zero-order valence-electron chi connectivity index (χ0n) is 5.79. The van der Waals surface area contributed by atoms with Gasteiger partial charge in [-0.25, -0.2) is 0 Å². The monoisotopic (exact) mass is 262 g/mol. The van der Waals surface area contributed by atoms with E-state index in [-0.39, 0.29) is 0 Å². The molecule has 0 spiro atoms. The number of aldehydes is 1. The SMILES string of the molecule is O=Cc1ccccc1OCI. The van der Waals surface area contributed by atoms with Crippen molar-refractivity contribution in [3.8, 4) is 5.75 Å². The third-order valence-corrected chi connectivity index (χ3v) is 1.57. The highest BCUT2D eigenvalue weighted by molar-refractivity contribution is 14.1. The van der Waals surface area contributed by atoms with E-state index in [1.165, 1.54) is 0 Å². The minimum Gasteiger partial charge on any atom is -0.483 e. The number of rotatable bonds is 3. The van der Waals surface area contributed by atoms with Crippen LogP contribution in [0.5, 0.6) is 5.75 Å². The number of alkyl halides is 1. The molecule has 0 radical (unpaired) electrons. The summed E-state index contributed by atoms with van der Waals surface area (Å²) in [5, 5.41) is 0. The Kier molecular flexibility index (Phi) is 3.35. The fourth-order valence-corrected chi connectivity index (χ4v) is 1.10. The van der Waals surface area contributed by atoms with Gasteiger partial charge >= 0.3 is 0 Å². The summed E-state index contributed by atoms with van der Waals surface area (Å²) in [6, 6.07) is 7.16. The molecule has 1 rings (SSSR count). The molecule has 0 unspecified atom stereocenters. The van der Waals surface area contributed by atoms with Crippen LogP contribution in [-0.2, 0) is 0 Å². The molecule has 0 bridgehead atoms. The number of benzene rings is 1. The molecular formula is C8H7IO2. The van der Waals surface area contributed by atoms with Crippen LogP contribution in [0, 0.1) is 0 Å². The zero-order chi connectivity index (χ0) is 8.10. The first kappa shape index (κ1) is 8.52. The molecule has 1 aromatic carbocycles. The maximum atomic E-state index is 10.4. The maximum Gasteiger partial charge on any atom is 0.153 e. The van der Waals surface area contributed by atoms with Gasteiger partial charge in [0.15, 0.2) is 6.29 Å². The third kappa shape index (κ3) is 2.18. The average Bonchev–Trinajstić information content (AvgIpc) is 2.06. The number of halogens is 1. The second-order valence-corrected chi connectivity index (χ2v) is 2.53. The molecule has 0 heterocycles. The summed E-state index contributed by atoms with van der Waals surface area (Å²) in [7, 11) is 0. The highest BCUT2D eigenvalue weighted by Crippen LogP contribution is 2.15. The van der Waals surface area contributed by atoms with Gasteiger partial charge in [-0.2, -0.15) is 0 Å². The lowest BCUT2D eigenvalue weighted by Crippen LogP contribution is -1.92. The number of carbonyl (C=O) groups excluding carboxylic acids is 1. The van der Waals surface area contributed by atoms with E-state index in [9.17, 15) is 4.79 Å². The van der Waals surface area contributed by atoms with Gasteiger partial charge in [-0.05, 0) is 34.7 Å². The highest BCUT2D eigenvalue weighted by Gasteiger charge is 1.98. The minimum absolute atomic E-state index is 0.558. The van der Waals surface area contributed by atoms with Crippen LogP contribution in [0.25, 0.3) is 0 Å². The van der Waals surface area contributed by atoms with Crippen molar-refractivity contribution in [3.63, 3.8) is 0 Å². The molecule has 0 atom stereocenters. The predicted molar refractivity (Wildman–Crippen MR) is 51.3 cm³/mol. The van der Waals surface area contributed by atoms with Crippen LogP contribution in [-0.4, -0.2) is 10.9 Å². The molecule has 3 heteroatoms. The van der Waals surface area contributed by atoms with Crippen molar-refractivity contribution >= 4 is 28.9 Å². The summed E-state index contributed by atoms with van der Waals surface area (Å²) in [4.78, 5) is 10.4. The molecule has 0 amide bonds. The molecule has 1 aromatic rings. The van der Waals surface area contributed by atoms with Crippen molar-refractivity contribution in [3.05, 3.63) is 29.8 Å². The van der Waals surface area contributed by atoms with E-state index in [0.717, 1.165) is 6.29 Å². The number of ether oxygens (including phenoxy) is 1. The van der Waals surface area contributed by atoms with Gasteiger partial charge in [0.25, 0.3) is 0 Å². The molecule has 2 nitrogen and oxygen atoms in total. The Morgan fingerprint density at radius 2 is 2.18 bits per heavy atom. The molecule has 0 aliphatic heterocycles. The number of para-hydroxylation sites is 1. The van der Waals surface area contributed by atoms with Crippen molar-refractivity contribution in [1.82, 2.24) is 0 Å². The van der Waals surface area contributed by atoms with E-state index < -0.39 is 0 Å².